The fraction of sp³-hybridized carbons (Fsp3) is 0.333. The van der Waals surface area contributed by atoms with E-state index in [1.165, 1.54) is 23.1 Å². The van der Waals surface area contributed by atoms with Crippen molar-refractivity contribution in [3.63, 3.8) is 0 Å². The number of allylic oxidation sites excluding steroid dienone is 1. The lowest BCUT2D eigenvalue weighted by atomic mass is 9.88. The Labute approximate surface area is 92.9 Å². The predicted octanol–water partition coefficient (Wildman–Crippen LogP) is 3.81. The highest BCUT2D eigenvalue weighted by Gasteiger charge is 2.17. The van der Waals surface area contributed by atoms with Crippen molar-refractivity contribution in [3.05, 3.63) is 34.3 Å². The van der Waals surface area contributed by atoms with Gasteiger partial charge < -0.3 is 4.74 Å². The van der Waals surface area contributed by atoms with Crippen LogP contribution in [0.15, 0.2) is 23.2 Å². The molecule has 0 aromatic heterocycles. The van der Waals surface area contributed by atoms with Crippen LogP contribution in [0.2, 0.25) is 0 Å². The van der Waals surface area contributed by atoms with Gasteiger partial charge in [0.2, 0.25) is 0 Å². The lowest BCUT2D eigenvalue weighted by molar-refractivity contribution is 0.411. The molecule has 0 unspecified atom stereocenters. The van der Waals surface area contributed by atoms with E-state index in [1.54, 1.807) is 7.11 Å². The van der Waals surface area contributed by atoms with Gasteiger partial charge in [-0.25, -0.2) is 0 Å². The number of benzene rings is 1. The van der Waals surface area contributed by atoms with Crippen LogP contribution in [-0.4, -0.2) is 7.11 Å². The molecule has 0 atom stereocenters. The van der Waals surface area contributed by atoms with Gasteiger partial charge in [-0.3, -0.25) is 0 Å². The highest BCUT2D eigenvalue weighted by molar-refractivity contribution is 9.10. The quantitative estimate of drug-likeness (QED) is 0.739. The monoisotopic (exact) mass is 252 g/mol. The average molecular weight is 253 g/mol. The first kappa shape index (κ1) is 9.78. The Bertz CT molecular complexity index is 382. The second-order valence-electron chi connectivity index (χ2n) is 3.57. The molecule has 0 aliphatic heterocycles. The second-order valence-corrected chi connectivity index (χ2v) is 4.36. The van der Waals surface area contributed by atoms with Crippen LogP contribution in [0, 0.1) is 0 Å². The molecule has 2 rings (SSSR count). The van der Waals surface area contributed by atoms with E-state index >= 15 is 0 Å². The third kappa shape index (κ3) is 1.48. The fourth-order valence-electron chi connectivity index (χ4n) is 1.95. The number of rotatable bonds is 1. The SMILES string of the molecule is C=C1CCCc2c1ccc(OC)c2Br. The van der Waals surface area contributed by atoms with Gasteiger partial charge in [0.1, 0.15) is 5.75 Å². The molecule has 1 aromatic rings. The van der Waals surface area contributed by atoms with Crippen molar-refractivity contribution in [2.75, 3.05) is 7.11 Å². The maximum atomic E-state index is 5.27. The summed E-state index contributed by atoms with van der Waals surface area (Å²) in [5.41, 5.74) is 3.89. The number of hydrogen-bond acceptors (Lipinski definition) is 1. The molecule has 1 aliphatic rings. The Morgan fingerprint density at radius 3 is 2.86 bits per heavy atom. The van der Waals surface area contributed by atoms with Crippen LogP contribution in [0.25, 0.3) is 5.57 Å². The smallest absolute Gasteiger partial charge is 0.133 e. The number of halogens is 1. The van der Waals surface area contributed by atoms with Gasteiger partial charge in [-0.05, 0) is 58.0 Å². The van der Waals surface area contributed by atoms with Gasteiger partial charge in [-0.15, -0.1) is 0 Å². The Morgan fingerprint density at radius 2 is 2.14 bits per heavy atom. The molecule has 0 saturated heterocycles. The van der Waals surface area contributed by atoms with Crippen molar-refractivity contribution in [3.8, 4) is 5.75 Å². The van der Waals surface area contributed by atoms with E-state index in [9.17, 15) is 0 Å². The zero-order chi connectivity index (χ0) is 10.1. The molecule has 1 aliphatic carbocycles. The van der Waals surface area contributed by atoms with Crippen LogP contribution in [0.5, 0.6) is 5.75 Å². The summed E-state index contributed by atoms with van der Waals surface area (Å²) < 4.78 is 6.37. The van der Waals surface area contributed by atoms with E-state index < -0.39 is 0 Å². The highest BCUT2D eigenvalue weighted by atomic mass is 79.9. The van der Waals surface area contributed by atoms with Gasteiger partial charge >= 0.3 is 0 Å². The molecule has 14 heavy (non-hydrogen) atoms. The van der Waals surface area contributed by atoms with E-state index in [4.69, 9.17) is 4.74 Å². The van der Waals surface area contributed by atoms with Crippen LogP contribution >= 0.6 is 15.9 Å². The maximum absolute atomic E-state index is 5.27. The Hall–Kier alpha value is -0.760. The van der Waals surface area contributed by atoms with Crippen molar-refractivity contribution in [2.45, 2.75) is 19.3 Å². The third-order valence-electron chi connectivity index (χ3n) is 2.71. The summed E-state index contributed by atoms with van der Waals surface area (Å²) in [5.74, 6) is 0.915. The van der Waals surface area contributed by atoms with Crippen LogP contribution in [0.1, 0.15) is 24.0 Å². The first-order valence-corrected chi connectivity index (χ1v) is 5.57. The fourth-order valence-corrected chi connectivity index (χ4v) is 2.65. The summed E-state index contributed by atoms with van der Waals surface area (Å²) in [7, 11) is 1.70. The van der Waals surface area contributed by atoms with E-state index in [1.807, 2.05) is 6.07 Å². The first-order valence-electron chi connectivity index (χ1n) is 4.77. The summed E-state index contributed by atoms with van der Waals surface area (Å²) >= 11 is 3.59. The van der Waals surface area contributed by atoms with Crippen LogP contribution in [-0.2, 0) is 6.42 Å². The molecule has 0 amide bonds. The van der Waals surface area contributed by atoms with Crippen molar-refractivity contribution in [2.24, 2.45) is 0 Å². The van der Waals surface area contributed by atoms with E-state index in [0.29, 0.717) is 0 Å². The van der Waals surface area contributed by atoms with Gasteiger partial charge in [0.15, 0.2) is 0 Å². The Kier molecular flexibility index (Phi) is 2.64. The number of ether oxygens (including phenoxy) is 1. The number of hydrogen-bond donors (Lipinski definition) is 0. The van der Waals surface area contributed by atoms with Crippen LogP contribution in [0.4, 0.5) is 0 Å². The molecular formula is C12H13BrO. The molecule has 0 radical (unpaired) electrons. The normalized spacial score (nSPS) is 15.1. The largest absolute Gasteiger partial charge is 0.496 e. The second kappa shape index (κ2) is 3.77. The van der Waals surface area contributed by atoms with Gasteiger partial charge in [0, 0.05) is 0 Å². The molecule has 2 heteroatoms. The molecule has 0 heterocycles. The molecule has 0 fully saturated rings. The molecule has 0 spiro atoms. The van der Waals surface area contributed by atoms with Gasteiger partial charge in [0.25, 0.3) is 0 Å². The molecule has 0 bridgehead atoms. The summed E-state index contributed by atoms with van der Waals surface area (Å²) in [4.78, 5) is 0. The lowest BCUT2D eigenvalue weighted by Gasteiger charge is -2.20. The topological polar surface area (TPSA) is 9.23 Å². The van der Waals surface area contributed by atoms with Crippen molar-refractivity contribution < 1.29 is 4.74 Å². The summed E-state index contributed by atoms with van der Waals surface area (Å²) in [5, 5.41) is 0. The van der Waals surface area contributed by atoms with E-state index in [2.05, 4.69) is 28.6 Å². The van der Waals surface area contributed by atoms with Crippen LogP contribution in [0.3, 0.4) is 0 Å². The number of methoxy groups -OCH3 is 1. The van der Waals surface area contributed by atoms with Gasteiger partial charge in [-0.1, -0.05) is 12.6 Å². The zero-order valence-electron chi connectivity index (χ0n) is 8.27. The molecule has 1 nitrogen and oxygen atoms in total. The summed E-state index contributed by atoms with van der Waals surface area (Å²) in [6, 6.07) is 4.11. The molecule has 0 N–H and O–H groups in total. The minimum Gasteiger partial charge on any atom is -0.496 e. The zero-order valence-corrected chi connectivity index (χ0v) is 9.86. The van der Waals surface area contributed by atoms with Gasteiger partial charge in [0.05, 0.1) is 11.6 Å². The van der Waals surface area contributed by atoms with Crippen molar-refractivity contribution >= 4 is 21.5 Å². The number of fused-ring (bicyclic) bond motifs is 1. The van der Waals surface area contributed by atoms with Gasteiger partial charge in [-0.2, -0.15) is 0 Å². The first-order chi connectivity index (χ1) is 6.74. The molecular weight excluding hydrogens is 240 g/mol. The molecule has 74 valence electrons. The van der Waals surface area contributed by atoms with Crippen molar-refractivity contribution in [1.82, 2.24) is 0 Å². The predicted molar refractivity (Wildman–Crippen MR) is 62.7 cm³/mol. The standard InChI is InChI=1S/C12H13BrO/c1-8-4-3-5-10-9(8)6-7-11(14-2)12(10)13/h6-7H,1,3-5H2,2H3. The lowest BCUT2D eigenvalue weighted by Crippen LogP contribution is -2.03. The summed E-state index contributed by atoms with van der Waals surface area (Å²) in [6.07, 6.45) is 3.43. The molecule has 0 saturated carbocycles. The Balaban J connectivity index is 2.57. The third-order valence-corrected chi connectivity index (χ3v) is 3.58. The summed E-state index contributed by atoms with van der Waals surface area (Å²) in [6.45, 7) is 4.09. The van der Waals surface area contributed by atoms with E-state index in [0.717, 1.165) is 23.1 Å². The minimum atomic E-state index is 0.915. The van der Waals surface area contributed by atoms with E-state index in [-0.39, 0.29) is 0 Å². The highest BCUT2D eigenvalue weighted by Crippen LogP contribution is 2.38. The minimum absolute atomic E-state index is 0.915. The average Bonchev–Trinajstić information content (AvgIpc) is 2.20. The maximum Gasteiger partial charge on any atom is 0.133 e. The molecule has 1 aromatic carbocycles. The van der Waals surface area contributed by atoms with Crippen LogP contribution < -0.4 is 4.74 Å². The van der Waals surface area contributed by atoms with Crippen molar-refractivity contribution in [1.29, 1.82) is 0 Å². The Morgan fingerprint density at radius 1 is 1.36 bits per heavy atom.